The zero-order valence-electron chi connectivity index (χ0n) is 14.0. The molecule has 7 heteroatoms. The van der Waals surface area contributed by atoms with E-state index in [-0.39, 0.29) is 28.7 Å². The number of carbonyl (C=O) groups excluding carboxylic acids is 1. The topological polar surface area (TPSA) is 91.8 Å². The lowest BCUT2D eigenvalue weighted by atomic mass is 10.1. The molecule has 0 saturated carbocycles. The summed E-state index contributed by atoms with van der Waals surface area (Å²) in [4.78, 5) is 25.2. The lowest BCUT2D eigenvalue weighted by molar-refractivity contribution is -0.141. The quantitative estimate of drug-likeness (QED) is 0.868. The maximum Gasteiger partial charge on any atom is 0.308 e. The number of carboxylic acid groups (broad SMARTS) is 1. The molecule has 1 fully saturated rings. The Bertz CT molecular complexity index is 924. The summed E-state index contributed by atoms with van der Waals surface area (Å²) in [6.07, 6.45) is 0.410. The van der Waals surface area contributed by atoms with Gasteiger partial charge in [0.25, 0.3) is 5.91 Å². The summed E-state index contributed by atoms with van der Waals surface area (Å²) in [7, 11) is -3.58. The van der Waals surface area contributed by atoms with Gasteiger partial charge in [-0.3, -0.25) is 9.59 Å². The van der Waals surface area contributed by atoms with Crippen molar-refractivity contribution in [1.82, 2.24) is 4.90 Å². The van der Waals surface area contributed by atoms with Crippen molar-refractivity contribution in [2.24, 2.45) is 5.92 Å². The van der Waals surface area contributed by atoms with E-state index in [4.69, 9.17) is 5.11 Å². The zero-order chi connectivity index (χ0) is 18.7. The third-order valence-electron chi connectivity index (χ3n) is 4.46. The molecule has 1 saturated heterocycles. The molecule has 0 spiro atoms. The molecule has 1 heterocycles. The number of rotatable bonds is 5. The van der Waals surface area contributed by atoms with E-state index >= 15 is 0 Å². The summed E-state index contributed by atoms with van der Waals surface area (Å²) in [5.74, 6) is -1.97. The van der Waals surface area contributed by atoms with Crippen LogP contribution >= 0.6 is 0 Å². The standard InChI is InChI=1S/C19H19NO5S/c21-18(20-10-9-16(12-20)19(22)23)15-7-4-8-17(11-15)26(24,25)13-14-5-2-1-3-6-14/h1-8,11,16H,9-10,12-13H2,(H,22,23). The van der Waals surface area contributed by atoms with Gasteiger partial charge >= 0.3 is 5.97 Å². The van der Waals surface area contributed by atoms with E-state index in [0.29, 0.717) is 18.5 Å². The van der Waals surface area contributed by atoms with Crippen LogP contribution in [0.1, 0.15) is 22.3 Å². The van der Waals surface area contributed by atoms with E-state index in [1.165, 1.54) is 23.1 Å². The van der Waals surface area contributed by atoms with E-state index in [1.54, 1.807) is 30.3 Å². The molecule has 6 nitrogen and oxygen atoms in total. The van der Waals surface area contributed by atoms with Gasteiger partial charge in [0.15, 0.2) is 9.84 Å². The third-order valence-corrected chi connectivity index (χ3v) is 6.15. The first-order valence-electron chi connectivity index (χ1n) is 8.25. The summed E-state index contributed by atoms with van der Waals surface area (Å²) in [5, 5.41) is 9.06. The lowest BCUT2D eigenvalue weighted by Crippen LogP contribution is -2.30. The van der Waals surface area contributed by atoms with Gasteiger partial charge in [0, 0.05) is 18.7 Å². The molecule has 0 aliphatic carbocycles. The Labute approximate surface area is 152 Å². The Balaban J connectivity index is 1.80. The Hall–Kier alpha value is -2.67. The van der Waals surface area contributed by atoms with Gasteiger partial charge in [-0.25, -0.2) is 8.42 Å². The van der Waals surface area contributed by atoms with Crippen molar-refractivity contribution in [3.63, 3.8) is 0 Å². The maximum absolute atomic E-state index is 12.6. The van der Waals surface area contributed by atoms with Gasteiger partial charge in [-0.05, 0) is 30.2 Å². The first kappa shape index (κ1) is 18.1. The SMILES string of the molecule is O=C(O)C1CCN(C(=O)c2cccc(S(=O)(=O)Cc3ccccc3)c2)C1. The number of hydrogen-bond acceptors (Lipinski definition) is 4. The number of carbonyl (C=O) groups is 2. The van der Waals surface area contributed by atoms with Gasteiger partial charge in [0.2, 0.25) is 0 Å². The van der Waals surface area contributed by atoms with Gasteiger partial charge in [0.05, 0.1) is 16.6 Å². The fraction of sp³-hybridized carbons (Fsp3) is 0.263. The number of carboxylic acids is 1. The highest BCUT2D eigenvalue weighted by molar-refractivity contribution is 7.90. The second-order valence-corrected chi connectivity index (χ2v) is 8.34. The van der Waals surface area contributed by atoms with Gasteiger partial charge < -0.3 is 10.0 Å². The molecule has 1 unspecified atom stereocenters. The maximum atomic E-state index is 12.6. The molecule has 1 atom stereocenters. The molecule has 1 N–H and O–H groups in total. The minimum absolute atomic E-state index is 0.0844. The van der Waals surface area contributed by atoms with Crippen LogP contribution in [-0.4, -0.2) is 43.4 Å². The van der Waals surface area contributed by atoms with Gasteiger partial charge in [-0.15, -0.1) is 0 Å². The monoisotopic (exact) mass is 373 g/mol. The normalized spacial score (nSPS) is 17.2. The Kier molecular flexibility index (Phi) is 5.08. The van der Waals surface area contributed by atoms with Crippen LogP contribution < -0.4 is 0 Å². The number of hydrogen-bond donors (Lipinski definition) is 1. The molecule has 2 aromatic carbocycles. The second-order valence-electron chi connectivity index (χ2n) is 6.35. The van der Waals surface area contributed by atoms with Crippen molar-refractivity contribution < 1.29 is 23.1 Å². The highest BCUT2D eigenvalue weighted by atomic mass is 32.2. The van der Waals surface area contributed by atoms with Crippen LogP contribution in [0.5, 0.6) is 0 Å². The average molecular weight is 373 g/mol. The summed E-state index contributed by atoms with van der Waals surface area (Å²) in [6, 6.07) is 14.8. The molecule has 136 valence electrons. The molecule has 0 aromatic heterocycles. The fourth-order valence-electron chi connectivity index (χ4n) is 3.03. The van der Waals surface area contributed by atoms with E-state index in [9.17, 15) is 18.0 Å². The van der Waals surface area contributed by atoms with E-state index in [1.807, 2.05) is 6.07 Å². The number of benzene rings is 2. The summed E-state index contributed by atoms with van der Waals surface area (Å²) >= 11 is 0. The predicted octanol–water partition coefficient (Wildman–Crippen LogP) is 2.21. The van der Waals surface area contributed by atoms with Crippen molar-refractivity contribution >= 4 is 21.7 Å². The molecular weight excluding hydrogens is 354 g/mol. The van der Waals surface area contributed by atoms with Crippen LogP contribution in [0.3, 0.4) is 0 Å². The van der Waals surface area contributed by atoms with Gasteiger partial charge in [-0.2, -0.15) is 0 Å². The highest BCUT2D eigenvalue weighted by Crippen LogP contribution is 2.22. The van der Waals surface area contributed by atoms with Crippen molar-refractivity contribution in [2.45, 2.75) is 17.1 Å². The molecule has 0 radical (unpaired) electrons. The van der Waals surface area contributed by atoms with Crippen molar-refractivity contribution in [2.75, 3.05) is 13.1 Å². The third kappa shape index (κ3) is 3.94. The zero-order valence-corrected chi connectivity index (χ0v) is 14.9. The van der Waals surface area contributed by atoms with Crippen LogP contribution in [-0.2, 0) is 20.4 Å². The lowest BCUT2D eigenvalue weighted by Gasteiger charge is -2.16. The van der Waals surface area contributed by atoms with E-state index in [2.05, 4.69) is 0 Å². The number of aliphatic carboxylic acids is 1. The summed E-state index contributed by atoms with van der Waals surface area (Å²) in [5.41, 5.74) is 0.929. The molecule has 1 amide bonds. The molecule has 1 aliphatic heterocycles. The number of nitrogens with zero attached hydrogens (tertiary/aromatic N) is 1. The Morgan fingerprint density at radius 3 is 2.46 bits per heavy atom. The molecule has 3 rings (SSSR count). The Morgan fingerprint density at radius 2 is 1.81 bits per heavy atom. The first-order valence-corrected chi connectivity index (χ1v) is 9.91. The minimum atomic E-state index is -3.58. The number of amides is 1. The van der Waals surface area contributed by atoms with Gasteiger partial charge in [0.1, 0.15) is 0 Å². The summed E-state index contributed by atoms with van der Waals surface area (Å²) in [6.45, 7) is 0.506. The summed E-state index contributed by atoms with van der Waals surface area (Å²) < 4.78 is 25.3. The van der Waals surface area contributed by atoms with Crippen molar-refractivity contribution in [3.8, 4) is 0 Å². The average Bonchev–Trinajstić information content (AvgIpc) is 3.12. The highest BCUT2D eigenvalue weighted by Gasteiger charge is 2.31. The smallest absolute Gasteiger partial charge is 0.308 e. The first-order chi connectivity index (χ1) is 12.4. The number of likely N-dealkylation sites (tertiary alicyclic amines) is 1. The van der Waals surface area contributed by atoms with Gasteiger partial charge in [-0.1, -0.05) is 36.4 Å². The van der Waals surface area contributed by atoms with Crippen LogP contribution in [0.25, 0.3) is 0 Å². The van der Waals surface area contributed by atoms with Crippen LogP contribution in [0.2, 0.25) is 0 Å². The van der Waals surface area contributed by atoms with Crippen LogP contribution in [0.4, 0.5) is 0 Å². The molecule has 2 aromatic rings. The van der Waals surface area contributed by atoms with Crippen LogP contribution in [0, 0.1) is 5.92 Å². The van der Waals surface area contributed by atoms with Crippen molar-refractivity contribution in [3.05, 3.63) is 65.7 Å². The number of sulfone groups is 1. The second kappa shape index (κ2) is 7.29. The molecule has 1 aliphatic rings. The predicted molar refractivity (Wildman–Crippen MR) is 95.4 cm³/mol. The minimum Gasteiger partial charge on any atom is -0.481 e. The molecule has 0 bridgehead atoms. The molecule has 26 heavy (non-hydrogen) atoms. The van der Waals surface area contributed by atoms with E-state index in [0.717, 1.165) is 0 Å². The van der Waals surface area contributed by atoms with E-state index < -0.39 is 21.7 Å². The Morgan fingerprint density at radius 1 is 1.08 bits per heavy atom. The fourth-order valence-corrected chi connectivity index (χ4v) is 4.42. The van der Waals surface area contributed by atoms with Crippen LogP contribution in [0.15, 0.2) is 59.5 Å². The largest absolute Gasteiger partial charge is 0.481 e. The van der Waals surface area contributed by atoms with Crippen molar-refractivity contribution in [1.29, 1.82) is 0 Å². The molecular formula is C19H19NO5S.